The molecule has 0 saturated carbocycles. The summed E-state index contributed by atoms with van der Waals surface area (Å²) in [5.41, 5.74) is 7.52. The Hall–Kier alpha value is -4.83. The number of benzene rings is 6. The second-order valence-electron chi connectivity index (χ2n) is 10.4. The molecule has 0 atom stereocenters. The van der Waals surface area contributed by atoms with Gasteiger partial charge in [-0.25, -0.2) is 0 Å². The van der Waals surface area contributed by atoms with Crippen LogP contribution in [0.15, 0.2) is 126 Å². The maximum Gasteiger partial charge on any atom is 0.416 e. The Labute approximate surface area is 235 Å². The van der Waals surface area contributed by atoms with Crippen LogP contribution in [-0.4, -0.2) is 0 Å². The van der Waals surface area contributed by atoms with E-state index in [2.05, 4.69) is 60.7 Å². The minimum Gasteiger partial charge on any atom is -0.456 e. The van der Waals surface area contributed by atoms with Gasteiger partial charge >= 0.3 is 6.18 Å². The van der Waals surface area contributed by atoms with Gasteiger partial charge in [0.25, 0.3) is 0 Å². The first kappa shape index (κ1) is 25.2. The quantitative estimate of drug-likeness (QED) is 0.216. The van der Waals surface area contributed by atoms with Crippen molar-refractivity contribution in [2.45, 2.75) is 19.5 Å². The summed E-state index contributed by atoms with van der Waals surface area (Å²) in [7, 11) is 0. The molecule has 1 heterocycles. The lowest BCUT2D eigenvalue weighted by Crippen LogP contribution is -2.06. The van der Waals surface area contributed by atoms with E-state index in [-0.39, 0.29) is 0 Å². The Morgan fingerprint density at radius 2 is 1.10 bits per heavy atom. The first-order valence-corrected chi connectivity index (χ1v) is 13.6. The normalized spacial score (nSPS) is 12.0. The van der Waals surface area contributed by atoms with Crippen LogP contribution in [0.5, 0.6) is 0 Å². The van der Waals surface area contributed by atoms with Crippen molar-refractivity contribution in [2.24, 2.45) is 0 Å². The van der Waals surface area contributed by atoms with E-state index >= 15 is 0 Å². The largest absolute Gasteiger partial charge is 0.456 e. The molecule has 0 fully saturated rings. The number of fused-ring (bicyclic) bond motifs is 4. The number of alkyl halides is 3. The topological polar surface area (TPSA) is 13.1 Å². The molecule has 0 saturated heterocycles. The number of hydrogen-bond donors (Lipinski definition) is 0. The van der Waals surface area contributed by atoms with E-state index in [1.165, 1.54) is 12.1 Å². The Bertz CT molecular complexity index is 2060. The number of aryl methyl sites for hydroxylation is 1. The van der Waals surface area contributed by atoms with Crippen LogP contribution in [0, 0.1) is 0 Å². The van der Waals surface area contributed by atoms with Gasteiger partial charge in [0, 0.05) is 10.8 Å². The van der Waals surface area contributed by atoms with Crippen LogP contribution >= 0.6 is 0 Å². The highest BCUT2D eigenvalue weighted by molar-refractivity contribution is 6.06. The maximum absolute atomic E-state index is 13.5. The molecule has 0 aliphatic rings. The first-order chi connectivity index (χ1) is 19.9. The summed E-state index contributed by atoms with van der Waals surface area (Å²) >= 11 is 0. The Morgan fingerprint density at radius 1 is 0.512 bits per heavy atom. The van der Waals surface area contributed by atoms with Crippen molar-refractivity contribution in [3.63, 3.8) is 0 Å². The molecule has 1 nitrogen and oxygen atoms in total. The third-order valence-corrected chi connectivity index (χ3v) is 7.83. The average Bonchev–Trinajstić information content (AvgIpc) is 3.38. The molecule has 0 bridgehead atoms. The van der Waals surface area contributed by atoms with Gasteiger partial charge in [0.1, 0.15) is 11.2 Å². The zero-order chi connectivity index (χ0) is 28.1. The van der Waals surface area contributed by atoms with Crippen LogP contribution in [-0.2, 0) is 12.6 Å². The van der Waals surface area contributed by atoms with E-state index in [0.29, 0.717) is 17.5 Å². The molecule has 0 unspecified atom stereocenters. The summed E-state index contributed by atoms with van der Waals surface area (Å²) in [5.74, 6) is 0. The fraction of sp³-hybridized carbons (Fsp3) is 0.0811. The summed E-state index contributed by atoms with van der Waals surface area (Å²) < 4.78 is 46.6. The molecule has 0 radical (unpaired) electrons. The van der Waals surface area contributed by atoms with Gasteiger partial charge in [0.15, 0.2) is 0 Å². The van der Waals surface area contributed by atoms with Crippen molar-refractivity contribution in [3.8, 4) is 33.4 Å². The summed E-state index contributed by atoms with van der Waals surface area (Å²) in [6.45, 7) is 1.87. The van der Waals surface area contributed by atoms with Gasteiger partial charge in [-0.15, -0.1) is 0 Å². The monoisotopic (exact) mass is 542 g/mol. The minimum atomic E-state index is -4.38. The number of hydrogen-bond acceptors (Lipinski definition) is 1. The van der Waals surface area contributed by atoms with Crippen molar-refractivity contribution in [3.05, 3.63) is 132 Å². The summed E-state index contributed by atoms with van der Waals surface area (Å²) in [6, 6.07) is 39.2. The number of halogens is 3. The van der Waals surface area contributed by atoms with Crippen molar-refractivity contribution in [1.82, 2.24) is 0 Å². The molecule has 41 heavy (non-hydrogen) atoms. The highest BCUT2D eigenvalue weighted by Gasteiger charge is 2.31. The Kier molecular flexibility index (Phi) is 5.93. The summed E-state index contributed by atoms with van der Waals surface area (Å²) in [6.07, 6.45) is -3.84. The van der Waals surface area contributed by atoms with E-state index in [4.69, 9.17) is 4.42 Å². The van der Waals surface area contributed by atoms with Crippen LogP contribution in [0.4, 0.5) is 13.2 Å². The fourth-order valence-corrected chi connectivity index (χ4v) is 5.59. The predicted molar refractivity (Wildman–Crippen MR) is 162 cm³/mol. The summed E-state index contributed by atoms with van der Waals surface area (Å²) in [5, 5.41) is 4.22. The zero-order valence-electron chi connectivity index (χ0n) is 22.3. The zero-order valence-corrected chi connectivity index (χ0v) is 22.3. The van der Waals surface area contributed by atoms with Gasteiger partial charge in [-0.2, -0.15) is 13.2 Å². The van der Waals surface area contributed by atoms with Gasteiger partial charge in [0.05, 0.1) is 5.56 Å². The number of rotatable bonds is 4. The molecular formula is C37H25F3O. The Balaban J connectivity index is 1.23. The molecule has 0 spiro atoms. The second-order valence-corrected chi connectivity index (χ2v) is 10.4. The van der Waals surface area contributed by atoms with Crippen LogP contribution < -0.4 is 0 Å². The third-order valence-electron chi connectivity index (χ3n) is 7.83. The lowest BCUT2D eigenvalue weighted by atomic mass is 9.94. The highest BCUT2D eigenvalue weighted by atomic mass is 19.4. The maximum atomic E-state index is 13.5. The molecule has 7 aromatic rings. The van der Waals surface area contributed by atoms with Crippen LogP contribution in [0.3, 0.4) is 0 Å². The molecule has 0 aliphatic heterocycles. The number of furan rings is 1. The lowest BCUT2D eigenvalue weighted by molar-refractivity contribution is -0.137. The third kappa shape index (κ3) is 4.66. The number of para-hydroxylation sites is 1. The molecule has 7 rings (SSSR count). The van der Waals surface area contributed by atoms with E-state index < -0.39 is 11.7 Å². The van der Waals surface area contributed by atoms with E-state index in [9.17, 15) is 13.2 Å². The van der Waals surface area contributed by atoms with Crippen molar-refractivity contribution in [1.29, 1.82) is 0 Å². The lowest BCUT2D eigenvalue weighted by Gasteiger charge is -2.13. The molecule has 6 aromatic carbocycles. The molecule has 4 heteroatoms. The van der Waals surface area contributed by atoms with Crippen molar-refractivity contribution < 1.29 is 17.6 Å². The van der Waals surface area contributed by atoms with Crippen LogP contribution in [0.25, 0.3) is 66.1 Å². The SMILES string of the molecule is CCc1cc(-c2ccc3ccc(-c4ccc(-c5ccc6oc7ccccc7c6c5)cc4)cc3c2)cc(C(F)(F)F)c1. The first-order valence-electron chi connectivity index (χ1n) is 13.6. The summed E-state index contributed by atoms with van der Waals surface area (Å²) in [4.78, 5) is 0. The predicted octanol–water partition coefficient (Wildman–Crippen LogP) is 11.3. The molecule has 0 aliphatic carbocycles. The average molecular weight is 543 g/mol. The fourth-order valence-electron chi connectivity index (χ4n) is 5.59. The van der Waals surface area contributed by atoms with E-state index in [0.717, 1.165) is 60.5 Å². The van der Waals surface area contributed by atoms with Crippen LogP contribution in [0.2, 0.25) is 0 Å². The Morgan fingerprint density at radius 3 is 1.78 bits per heavy atom. The van der Waals surface area contributed by atoms with E-state index in [1.807, 2.05) is 55.5 Å². The van der Waals surface area contributed by atoms with Gasteiger partial charge in [0.2, 0.25) is 0 Å². The standard InChI is InChI=1S/C37H25F3O/c1-2-23-17-30(21-32(18-23)37(38,39)40)28-14-12-26-11-13-27(19-31(26)20-28)24-7-9-25(10-8-24)29-15-16-36-34(22-29)33-5-3-4-6-35(33)41-36/h3-22H,2H2,1H3. The second kappa shape index (κ2) is 9.67. The van der Waals surface area contributed by atoms with Crippen molar-refractivity contribution >= 4 is 32.7 Å². The van der Waals surface area contributed by atoms with Gasteiger partial charge in [-0.1, -0.05) is 85.8 Å². The smallest absolute Gasteiger partial charge is 0.416 e. The molecule has 0 amide bonds. The van der Waals surface area contributed by atoms with Gasteiger partial charge < -0.3 is 4.42 Å². The van der Waals surface area contributed by atoms with E-state index in [1.54, 1.807) is 0 Å². The van der Waals surface area contributed by atoms with Crippen LogP contribution in [0.1, 0.15) is 18.1 Å². The molecule has 1 aromatic heterocycles. The highest BCUT2D eigenvalue weighted by Crippen LogP contribution is 2.36. The molecule has 200 valence electrons. The van der Waals surface area contributed by atoms with Gasteiger partial charge in [-0.05, 0) is 98.6 Å². The molecule has 0 N–H and O–H groups in total. The minimum absolute atomic E-state index is 0.539. The van der Waals surface area contributed by atoms with Crippen molar-refractivity contribution in [2.75, 3.05) is 0 Å². The van der Waals surface area contributed by atoms with Gasteiger partial charge in [-0.3, -0.25) is 0 Å². The molecular weight excluding hydrogens is 517 g/mol.